The van der Waals surface area contributed by atoms with E-state index in [0.717, 1.165) is 5.70 Å². The van der Waals surface area contributed by atoms with Crippen LogP contribution < -0.4 is 10.6 Å². The van der Waals surface area contributed by atoms with Crippen LogP contribution in [-0.2, 0) is 4.79 Å². The lowest BCUT2D eigenvalue weighted by atomic mass is 9.76. The first kappa shape index (κ1) is 16.4. The minimum Gasteiger partial charge on any atom is -0.384 e. The molecule has 1 aliphatic heterocycles. The largest absolute Gasteiger partial charge is 0.384 e. The van der Waals surface area contributed by atoms with Crippen LogP contribution in [0.15, 0.2) is 53.3 Å². The van der Waals surface area contributed by atoms with Crippen molar-refractivity contribution in [3.05, 3.63) is 63.8 Å². The summed E-state index contributed by atoms with van der Waals surface area (Å²) in [7, 11) is 0. The molecule has 0 saturated carbocycles. The summed E-state index contributed by atoms with van der Waals surface area (Å²) >= 11 is 6.39. The van der Waals surface area contributed by atoms with Crippen LogP contribution in [0.1, 0.15) is 30.7 Å². The summed E-state index contributed by atoms with van der Waals surface area (Å²) in [6.07, 6.45) is 3.16. The van der Waals surface area contributed by atoms with Gasteiger partial charge in [-0.2, -0.15) is 15.3 Å². The maximum atomic E-state index is 12.9. The molecule has 2 aliphatic rings. The van der Waals surface area contributed by atoms with Crippen LogP contribution in [0.5, 0.6) is 0 Å². The summed E-state index contributed by atoms with van der Waals surface area (Å²) in [6.45, 7) is 0. The van der Waals surface area contributed by atoms with Gasteiger partial charge in [0.25, 0.3) is 0 Å². The molecule has 1 aliphatic carbocycles. The molecule has 130 valence electrons. The predicted octanol–water partition coefficient (Wildman–Crippen LogP) is 2.76. The smallest absolute Gasteiger partial charge is 0.231 e. The van der Waals surface area contributed by atoms with Crippen LogP contribution in [0.2, 0.25) is 5.02 Å². The number of hydrogen-bond donors (Lipinski definition) is 2. The number of nitriles is 1. The SMILES string of the molecule is N#CC1=C(N)N(c2ncn[nH]2)C2=C(C(=O)CCC2)C1c1ccccc1Cl. The lowest BCUT2D eigenvalue weighted by Gasteiger charge is -2.38. The summed E-state index contributed by atoms with van der Waals surface area (Å²) in [4.78, 5) is 18.6. The molecule has 8 heteroatoms. The minimum absolute atomic E-state index is 0.000866. The van der Waals surface area contributed by atoms with Crippen molar-refractivity contribution in [3.63, 3.8) is 0 Å². The molecule has 1 aromatic carbocycles. The van der Waals surface area contributed by atoms with Gasteiger partial charge in [-0.15, -0.1) is 0 Å². The number of benzene rings is 1. The van der Waals surface area contributed by atoms with E-state index >= 15 is 0 Å². The van der Waals surface area contributed by atoms with E-state index in [1.165, 1.54) is 6.33 Å². The van der Waals surface area contributed by atoms with Gasteiger partial charge in [0.05, 0.1) is 17.6 Å². The Labute approximate surface area is 154 Å². The number of halogens is 1. The molecular weight excluding hydrogens is 352 g/mol. The number of carbonyl (C=O) groups is 1. The van der Waals surface area contributed by atoms with E-state index in [2.05, 4.69) is 21.3 Å². The van der Waals surface area contributed by atoms with Gasteiger partial charge in [-0.1, -0.05) is 29.8 Å². The molecule has 0 fully saturated rings. The predicted molar refractivity (Wildman–Crippen MR) is 95.8 cm³/mol. The van der Waals surface area contributed by atoms with E-state index in [1.54, 1.807) is 11.0 Å². The van der Waals surface area contributed by atoms with E-state index < -0.39 is 5.92 Å². The number of hydrogen-bond acceptors (Lipinski definition) is 6. The molecule has 1 aromatic heterocycles. The molecule has 1 unspecified atom stereocenters. The fourth-order valence-corrected chi connectivity index (χ4v) is 3.90. The highest BCUT2D eigenvalue weighted by atomic mass is 35.5. The number of allylic oxidation sites excluding steroid dienone is 3. The summed E-state index contributed by atoms with van der Waals surface area (Å²) in [5, 5.41) is 17.0. The van der Waals surface area contributed by atoms with Crippen LogP contribution in [-0.4, -0.2) is 21.0 Å². The topological polar surface area (TPSA) is 112 Å². The second kappa shape index (κ2) is 6.32. The Morgan fingerprint density at radius 3 is 2.85 bits per heavy atom. The van der Waals surface area contributed by atoms with Gasteiger partial charge in [0.1, 0.15) is 12.1 Å². The van der Waals surface area contributed by atoms with Crippen molar-refractivity contribution in [2.24, 2.45) is 5.73 Å². The minimum atomic E-state index is -0.573. The molecule has 0 saturated heterocycles. The molecule has 2 heterocycles. The zero-order valence-corrected chi connectivity index (χ0v) is 14.5. The number of aromatic nitrogens is 3. The summed E-state index contributed by atoms with van der Waals surface area (Å²) in [6, 6.07) is 9.41. The molecule has 0 amide bonds. The summed E-state index contributed by atoms with van der Waals surface area (Å²) < 4.78 is 0. The molecule has 0 spiro atoms. The van der Waals surface area contributed by atoms with Crippen molar-refractivity contribution >= 4 is 23.3 Å². The second-order valence-electron chi connectivity index (χ2n) is 6.15. The van der Waals surface area contributed by atoms with Crippen molar-refractivity contribution in [3.8, 4) is 6.07 Å². The molecule has 7 nitrogen and oxygen atoms in total. The molecule has 1 atom stereocenters. The molecular formula is C18H15ClN6O. The number of rotatable bonds is 2. The fraction of sp³-hybridized carbons (Fsp3) is 0.222. The average Bonchev–Trinajstić information content (AvgIpc) is 3.15. The number of ketones is 1. The Morgan fingerprint density at radius 2 is 2.15 bits per heavy atom. The third-order valence-electron chi connectivity index (χ3n) is 4.74. The van der Waals surface area contributed by atoms with Gasteiger partial charge in [-0.3, -0.25) is 9.69 Å². The van der Waals surface area contributed by atoms with E-state index in [9.17, 15) is 10.1 Å². The quantitative estimate of drug-likeness (QED) is 0.845. The number of nitrogens with one attached hydrogen (secondary N) is 1. The highest BCUT2D eigenvalue weighted by molar-refractivity contribution is 6.31. The fourth-order valence-electron chi connectivity index (χ4n) is 3.66. The van der Waals surface area contributed by atoms with E-state index in [-0.39, 0.29) is 17.2 Å². The third-order valence-corrected chi connectivity index (χ3v) is 5.09. The maximum Gasteiger partial charge on any atom is 0.231 e. The number of nitrogens with zero attached hydrogens (tertiary/aromatic N) is 4. The zero-order valence-electron chi connectivity index (χ0n) is 13.7. The van der Waals surface area contributed by atoms with Crippen LogP contribution in [0.4, 0.5) is 5.95 Å². The third kappa shape index (κ3) is 2.38. The highest BCUT2D eigenvalue weighted by Crippen LogP contribution is 2.46. The van der Waals surface area contributed by atoms with Crippen molar-refractivity contribution in [1.82, 2.24) is 15.2 Å². The monoisotopic (exact) mass is 366 g/mol. The lowest BCUT2D eigenvalue weighted by Crippen LogP contribution is -2.39. The number of nitrogens with two attached hydrogens (primary N) is 1. The Morgan fingerprint density at radius 1 is 1.35 bits per heavy atom. The second-order valence-corrected chi connectivity index (χ2v) is 6.55. The first-order chi connectivity index (χ1) is 12.6. The van der Waals surface area contributed by atoms with Crippen molar-refractivity contribution in [2.45, 2.75) is 25.2 Å². The first-order valence-corrected chi connectivity index (χ1v) is 8.57. The lowest BCUT2D eigenvalue weighted by molar-refractivity contribution is -0.116. The molecule has 0 bridgehead atoms. The van der Waals surface area contributed by atoms with Gasteiger partial charge in [-0.05, 0) is 24.5 Å². The summed E-state index contributed by atoms with van der Waals surface area (Å²) in [5.74, 6) is 0.0503. The van der Waals surface area contributed by atoms with Crippen LogP contribution in [0, 0.1) is 11.3 Å². The Bertz CT molecular complexity index is 985. The number of Topliss-reactive ketones (excluding diaryl/α,β-unsaturated/α-hetero) is 1. The normalized spacial score (nSPS) is 20.2. The van der Waals surface area contributed by atoms with Crippen LogP contribution in [0.3, 0.4) is 0 Å². The van der Waals surface area contributed by atoms with Crippen LogP contribution in [0.25, 0.3) is 0 Å². The highest BCUT2D eigenvalue weighted by Gasteiger charge is 2.41. The van der Waals surface area contributed by atoms with E-state index in [0.29, 0.717) is 41.4 Å². The molecule has 4 rings (SSSR count). The Kier molecular flexibility index (Phi) is 3.98. The van der Waals surface area contributed by atoms with Gasteiger partial charge in [-0.25, -0.2) is 5.10 Å². The molecule has 3 N–H and O–H groups in total. The van der Waals surface area contributed by atoms with Crippen molar-refractivity contribution in [1.29, 1.82) is 5.26 Å². The zero-order chi connectivity index (χ0) is 18.3. The number of aromatic amines is 1. The standard InChI is InChI=1S/C18H15ClN6O/c19-12-5-2-1-4-10(12)15-11(8-20)17(21)25(18-22-9-23-24-18)13-6-3-7-14(26)16(13)15/h1-2,4-5,9,15H,3,6-7,21H2,(H,22,23,24). The summed E-state index contributed by atoms with van der Waals surface area (Å²) in [5.41, 5.74) is 8.66. The first-order valence-electron chi connectivity index (χ1n) is 8.19. The number of H-pyrrole nitrogens is 1. The van der Waals surface area contributed by atoms with Gasteiger partial charge in [0.2, 0.25) is 5.95 Å². The van der Waals surface area contributed by atoms with Gasteiger partial charge in [0, 0.05) is 22.7 Å². The Hall–Kier alpha value is -3.11. The van der Waals surface area contributed by atoms with Crippen molar-refractivity contribution in [2.75, 3.05) is 4.90 Å². The Balaban J connectivity index is 2.00. The number of carbonyl (C=O) groups excluding carboxylic acids is 1. The molecule has 2 aromatic rings. The van der Waals surface area contributed by atoms with E-state index in [4.69, 9.17) is 17.3 Å². The van der Waals surface area contributed by atoms with Crippen molar-refractivity contribution < 1.29 is 4.79 Å². The van der Waals surface area contributed by atoms with Gasteiger partial charge in [0.15, 0.2) is 5.78 Å². The average molecular weight is 367 g/mol. The van der Waals surface area contributed by atoms with Crippen LogP contribution >= 0.6 is 11.6 Å². The van der Waals surface area contributed by atoms with E-state index in [1.807, 2.05) is 18.2 Å². The molecule has 26 heavy (non-hydrogen) atoms. The molecule has 0 radical (unpaired) electrons. The maximum absolute atomic E-state index is 12.9. The van der Waals surface area contributed by atoms with Gasteiger partial charge < -0.3 is 5.73 Å². The number of anilines is 1. The van der Waals surface area contributed by atoms with Gasteiger partial charge >= 0.3 is 0 Å².